The lowest BCUT2D eigenvalue weighted by Gasteiger charge is -2.32. The first-order valence-electron chi connectivity index (χ1n) is 8.14. The monoisotopic (exact) mass is 330 g/mol. The maximum Gasteiger partial charge on any atom is 0.410 e. The van der Waals surface area contributed by atoms with Gasteiger partial charge in [0.05, 0.1) is 5.92 Å². The Morgan fingerprint density at radius 1 is 1.42 bits per heavy atom. The zero-order valence-corrected chi connectivity index (χ0v) is 14.2. The van der Waals surface area contributed by atoms with Crippen molar-refractivity contribution in [1.29, 1.82) is 0 Å². The summed E-state index contributed by atoms with van der Waals surface area (Å²) in [6.45, 7) is 6.82. The van der Waals surface area contributed by atoms with Crippen molar-refractivity contribution in [2.75, 3.05) is 13.1 Å². The second-order valence-electron chi connectivity index (χ2n) is 6.96. The summed E-state index contributed by atoms with van der Waals surface area (Å²) >= 11 is 0. The fourth-order valence-electron chi connectivity index (χ4n) is 2.68. The minimum atomic E-state index is -0.498. The Labute approximate surface area is 141 Å². The van der Waals surface area contributed by atoms with E-state index < -0.39 is 5.60 Å². The number of amides is 1. The van der Waals surface area contributed by atoms with Crippen molar-refractivity contribution < 1.29 is 14.1 Å². The summed E-state index contributed by atoms with van der Waals surface area (Å²) in [6, 6.07) is 3.71. The number of rotatable bonds is 2. The Kier molecular flexibility index (Phi) is 4.51. The lowest BCUT2D eigenvalue weighted by Crippen LogP contribution is -2.42. The van der Waals surface area contributed by atoms with Crippen LogP contribution in [0.1, 0.15) is 45.4 Å². The van der Waals surface area contributed by atoms with Gasteiger partial charge < -0.3 is 14.2 Å². The topological polar surface area (TPSA) is 81.4 Å². The average molecular weight is 330 g/mol. The number of carbonyl (C=O) groups excluding carboxylic acids is 1. The summed E-state index contributed by atoms with van der Waals surface area (Å²) in [5.74, 6) is 1.11. The maximum absolute atomic E-state index is 12.2. The van der Waals surface area contributed by atoms with E-state index in [1.807, 2.05) is 32.9 Å². The third-order valence-electron chi connectivity index (χ3n) is 3.78. The van der Waals surface area contributed by atoms with Gasteiger partial charge in [-0.2, -0.15) is 4.98 Å². The van der Waals surface area contributed by atoms with Gasteiger partial charge in [0.1, 0.15) is 5.60 Å². The fraction of sp³-hybridized carbons (Fsp3) is 0.529. The van der Waals surface area contributed by atoms with Crippen LogP contribution in [0.3, 0.4) is 0 Å². The largest absolute Gasteiger partial charge is 0.444 e. The van der Waals surface area contributed by atoms with Crippen molar-refractivity contribution in [3.63, 3.8) is 0 Å². The molecule has 1 atom stereocenters. The molecule has 0 N–H and O–H groups in total. The molecule has 0 saturated carbocycles. The molecule has 0 bridgehead atoms. The zero-order chi connectivity index (χ0) is 17.2. The molecule has 0 spiro atoms. The SMILES string of the molecule is CC(C)(C)OC(=O)N1CCC[C@H](c2nc(-c3cccnc3)no2)C1. The van der Waals surface area contributed by atoms with Crippen LogP contribution in [0.2, 0.25) is 0 Å². The Bertz CT molecular complexity index is 693. The Balaban J connectivity index is 1.69. The quantitative estimate of drug-likeness (QED) is 0.841. The van der Waals surface area contributed by atoms with Crippen molar-refractivity contribution in [2.24, 2.45) is 0 Å². The summed E-state index contributed by atoms with van der Waals surface area (Å²) in [4.78, 5) is 22.5. The molecule has 7 nitrogen and oxygen atoms in total. The molecule has 0 unspecified atom stereocenters. The van der Waals surface area contributed by atoms with Gasteiger partial charge in [0.25, 0.3) is 0 Å². The standard InChI is InChI=1S/C17H22N4O3/c1-17(2,3)23-16(22)21-9-5-7-13(11-21)15-19-14(20-24-15)12-6-4-8-18-10-12/h4,6,8,10,13H,5,7,9,11H2,1-3H3/t13-/m0/s1. The van der Waals surface area contributed by atoms with Crippen LogP contribution in [0.25, 0.3) is 11.4 Å². The molecular weight excluding hydrogens is 308 g/mol. The summed E-state index contributed by atoms with van der Waals surface area (Å²) in [5.41, 5.74) is 0.314. The van der Waals surface area contributed by atoms with Gasteiger partial charge in [0.15, 0.2) is 0 Å². The van der Waals surface area contributed by atoms with Crippen LogP contribution in [0.5, 0.6) is 0 Å². The normalized spacial score (nSPS) is 18.5. The molecule has 24 heavy (non-hydrogen) atoms. The van der Waals surface area contributed by atoms with E-state index in [-0.39, 0.29) is 12.0 Å². The summed E-state index contributed by atoms with van der Waals surface area (Å²) in [5, 5.41) is 4.03. The Morgan fingerprint density at radius 3 is 2.96 bits per heavy atom. The highest BCUT2D eigenvalue weighted by Crippen LogP contribution is 2.28. The average Bonchev–Trinajstić information content (AvgIpc) is 3.04. The summed E-state index contributed by atoms with van der Waals surface area (Å²) in [6.07, 6.45) is 4.90. The molecule has 2 aromatic heterocycles. The van der Waals surface area contributed by atoms with E-state index in [0.717, 1.165) is 18.4 Å². The second-order valence-corrected chi connectivity index (χ2v) is 6.96. The molecule has 7 heteroatoms. The number of likely N-dealkylation sites (tertiary alicyclic amines) is 1. The van der Waals surface area contributed by atoms with Gasteiger partial charge in [0, 0.05) is 31.0 Å². The third-order valence-corrected chi connectivity index (χ3v) is 3.78. The van der Waals surface area contributed by atoms with Crippen molar-refractivity contribution >= 4 is 6.09 Å². The second kappa shape index (κ2) is 6.59. The Morgan fingerprint density at radius 2 is 2.25 bits per heavy atom. The lowest BCUT2D eigenvalue weighted by molar-refractivity contribution is 0.0189. The van der Waals surface area contributed by atoms with Crippen molar-refractivity contribution in [3.05, 3.63) is 30.4 Å². The molecular formula is C17H22N4O3. The molecule has 2 aromatic rings. The van der Waals surface area contributed by atoms with Gasteiger partial charge in [0.2, 0.25) is 11.7 Å². The molecule has 1 aliphatic rings. The van der Waals surface area contributed by atoms with E-state index in [4.69, 9.17) is 9.26 Å². The fourth-order valence-corrected chi connectivity index (χ4v) is 2.68. The molecule has 128 valence electrons. The van der Waals surface area contributed by atoms with Gasteiger partial charge in [-0.3, -0.25) is 4.98 Å². The number of ether oxygens (including phenoxy) is 1. The van der Waals surface area contributed by atoms with Crippen molar-refractivity contribution in [1.82, 2.24) is 20.0 Å². The van der Waals surface area contributed by atoms with E-state index in [9.17, 15) is 4.79 Å². The number of piperidine rings is 1. The molecule has 1 fully saturated rings. The van der Waals surface area contributed by atoms with E-state index in [1.165, 1.54) is 0 Å². The highest BCUT2D eigenvalue weighted by Gasteiger charge is 2.31. The van der Waals surface area contributed by atoms with Gasteiger partial charge >= 0.3 is 6.09 Å². The number of nitrogens with zero attached hydrogens (tertiary/aromatic N) is 4. The minimum absolute atomic E-state index is 0.0317. The predicted molar refractivity (Wildman–Crippen MR) is 87.3 cm³/mol. The molecule has 1 saturated heterocycles. The van der Waals surface area contributed by atoms with Gasteiger partial charge in [-0.05, 0) is 45.7 Å². The number of aromatic nitrogens is 3. The molecule has 0 aliphatic carbocycles. The van der Waals surface area contributed by atoms with Crippen LogP contribution in [-0.4, -0.2) is 44.8 Å². The smallest absolute Gasteiger partial charge is 0.410 e. The van der Waals surface area contributed by atoms with Gasteiger partial charge in [-0.15, -0.1) is 0 Å². The van der Waals surface area contributed by atoms with Crippen LogP contribution in [0.15, 0.2) is 29.0 Å². The molecule has 3 rings (SSSR count). The van der Waals surface area contributed by atoms with Crippen LogP contribution < -0.4 is 0 Å². The molecule has 3 heterocycles. The van der Waals surface area contributed by atoms with E-state index in [2.05, 4.69) is 15.1 Å². The maximum atomic E-state index is 12.2. The Hall–Kier alpha value is -2.44. The lowest BCUT2D eigenvalue weighted by atomic mass is 9.98. The number of carbonyl (C=O) groups is 1. The van der Waals surface area contributed by atoms with Crippen LogP contribution >= 0.6 is 0 Å². The minimum Gasteiger partial charge on any atom is -0.444 e. The van der Waals surface area contributed by atoms with Crippen LogP contribution in [0.4, 0.5) is 4.79 Å². The molecule has 0 aromatic carbocycles. The number of hydrogen-bond donors (Lipinski definition) is 0. The van der Waals surface area contributed by atoms with E-state index in [0.29, 0.717) is 24.8 Å². The highest BCUT2D eigenvalue weighted by molar-refractivity contribution is 5.68. The predicted octanol–water partition coefficient (Wildman–Crippen LogP) is 3.25. The van der Waals surface area contributed by atoms with Crippen LogP contribution in [-0.2, 0) is 4.74 Å². The van der Waals surface area contributed by atoms with Crippen molar-refractivity contribution in [3.8, 4) is 11.4 Å². The summed E-state index contributed by atoms with van der Waals surface area (Å²) in [7, 11) is 0. The van der Waals surface area contributed by atoms with E-state index in [1.54, 1.807) is 17.3 Å². The highest BCUT2D eigenvalue weighted by atomic mass is 16.6. The first-order chi connectivity index (χ1) is 11.4. The van der Waals surface area contributed by atoms with Crippen molar-refractivity contribution in [2.45, 2.75) is 45.1 Å². The van der Waals surface area contributed by atoms with Crippen LogP contribution in [0, 0.1) is 0 Å². The first kappa shape index (κ1) is 16.4. The first-order valence-corrected chi connectivity index (χ1v) is 8.14. The zero-order valence-electron chi connectivity index (χ0n) is 14.2. The molecule has 0 radical (unpaired) electrons. The number of hydrogen-bond acceptors (Lipinski definition) is 6. The number of pyridine rings is 1. The molecule has 1 aliphatic heterocycles. The van der Waals surface area contributed by atoms with Gasteiger partial charge in [-0.1, -0.05) is 5.16 Å². The summed E-state index contributed by atoms with van der Waals surface area (Å²) < 4.78 is 10.9. The van der Waals surface area contributed by atoms with E-state index >= 15 is 0 Å². The van der Waals surface area contributed by atoms with Gasteiger partial charge in [-0.25, -0.2) is 4.79 Å². The molecule has 1 amide bonds. The third kappa shape index (κ3) is 3.90.